The quantitative estimate of drug-likeness (QED) is 0.576. The molecule has 1 atom stereocenters. The maximum atomic E-state index is 13.0. The number of aryl methyl sites for hydroxylation is 1. The van der Waals surface area contributed by atoms with Gasteiger partial charge in [0.25, 0.3) is 0 Å². The molecule has 0 radical (unpaired) electrons. The zero-order valence-corrected chi connectivity index (χ0v) is 19.2. The molecule has 2 amide bonds. The van der Waals surface area contributed by atoms with Gasteiger partial charge in [0.05, 0.1) is 15.8 Å². The van der Waals surface area contributed by atoms with Crippen molar-refractivity contribution in [3.63, 3.8) is 0 Å². The predicted octanol–water partition coefficient (Wildman–Crippen LogP) is 5.09. The molecule has 2 rings (SSSR count). The van der Waals surface area contributed by atoms with Gasteiger partial charge >= 0.3 is 0 Å². The van der Waals surface area contributed by atoms with Gasteiger partial charge in [0.15, 0.2) is 0 Å². The summed E-state index contributed by atoms with van der Waals surface area (Å²) >= 11 is 13.5. The van der Waals surface area contributed by atoms with Crippen LogP contribution in [0.4, 0.5) is 0 Å². The zero-order chi connectivity index (χ0) is 21.4. The Morgan fingerprint density at radius 3 is 2.52 bits per heavy atom. The van der Waals surface area contributed by atoms with E-state index in [4.69, 9.17) is 23.2 Å². The summed E-state index contributed by atoms with van der Waals surface area (Å²) in [6, 6.07) is 12.8. The average molecular weight is 453 g/mol. The summed E-state index contributed by atoms with van der Waals surface area (Å²) in [5, 5.41) is 3.82. The first kappa shape index (κ1) is 23.6. The van der Waals surface area contributed by atoms with Crippen LogP contribution in [0.2, 0.25) is 10.0 Å². The van der Waals surface area contributed by atoms with Gasteiger partial charge in [-0.3, -0.25) is 9.59 Å². The lowest BCUT2D eigenvalue weighted by Crippen LogP contribution is -2.48. The highest BCUT2D eigenvalue weighted by Gasteiger charge is 2.26. The second-order valence-electron chi connectivity index (χ2n) is 6.76. The van der Waals surface area contributed by atoms with Gasteiger partial charge in [0, 0.05) is 18.8 Å². The van der Waals surface area contributed by atoms with Crippen LogP contribution in [0, 0.1) is 6.92 Å². The highest BCUT2D eigenvalue weighted by atomic mass is 35.5. The highest BCUT2D eigenvalue weighted by Crippen LogP contribution is 2.25. The third kappa shape index (κ3) is 6.95. The lowest BCUT2D eigenvalue weighted by molar-refractivity contribution is -0.138. The molecule has 0 unspecified atom stereocenters. The van der Waals surface area contributed by atoms with Crippen molar-refractivity contribution in [1.29, 1.82) is 0 Å². The number of carbonyl (C=O) groups is 2. The molecule has 0 saturated carbocycles. The van der Waals surface area contributed by atoms with Crippen molar-refractivity contribution in [2.24, 2.45) is 0 Å². The van der Waals surface area contributed by atoms with Gasteiger partial charge in [0.2, 0.25) is 11.8 Å². The normalized spacial score (nSPS) is 11.8. The van der Waals surface area contributed by atoms with Crippen LogP contribution in [0.5, 0.6) is 0 Å². The molecule has 4 nitrogen and oxygen atoms in total. The molecule has 29 heavy (non-hydrogen) atoms. The molecule has 1 N–H and O–H groups in total. The van der Waals surface area contributed by atoms with Crippen LogP contribution in [0.1, 0.15) is 30.5 Å². The van der Waals surface area contributed by atoms with E-state index in [1.165, 1.54) is 11.8 Å². The van der Waals surface area contributed by atoms with Crippen molar-refractivity contribution in [3.8, 4) is 0 Å². The summed E-state index contributed by atoms with van der Waals surface area (Å²) in [5.74, 6) is 0.688. The Morgan fingerprint density at radius 2 is 1.86 bits per heavy atom. The maximum Gasteiger partial charge on any atom is 0.242 e. The molecule has 156 valence electrons. The molecule has 0 fully saturated rings. The van der Waals surface area contributed by atoms with Crippen LogP contribution in [0.3, 0.4) is 0 Å². The van der Waals surface area contributed by atoms with Gasteiger partial charge in [0.1, 0.15) is 6.04 Å². The lowest BCUT2D eigenvalue weighted by Gasteiger charge is -2.29. The maximum absolute atomic E-state index is 13.0. The van der Waals surface area contributed by atoms with Crippen LogP contribution < -0.4 is 5.32 Å². The van der Waals surface area contributed by atoms with E-state index in [1.807, 2.05) is 50.2 Å². The standard InChI is InChI=1S/C22H26Cl2N2O2S/c1-4-25-22(28)16(3)26(12-18-8-6-5-7-15(18)2)21(27)14-29-13-17-9-10-19(23)20(24)11-17/h5-11,16H,4,12-14H2,1-3H3,(H,25,28)/t16-/m1/s1. The molecule has 0 heterocycles. The van der Waals surface area contributed by atoms with E-state index in [9.17, 15) is 9.59 Å². The summed E-state index contributed by atoms with van der Waals surface area (Å²) in [5.41, 5.74) is 3.13. The Balaban J connectivity index is 2.07. The fourth-order valence-electron chi connectivity index (χ4n) is 2.84. The van der Waals surface area contributed by atoms with Gasteiger partial charge < -0.3 is 10.2 Å². The minimum Gasteiger partial charge on any atom is -0.355 e. The first-order chi connectivity index (χ1) is 13.8. The van der Waals surface area contributed by atoms with Gasteiger partial charge in [-0.15, -0.1) is 11.8 Å². The second-order valence-corrected chi connectivity index (χ2v) is 8.56. The number of nitrogens with zero attached hydrogens (tertiary/aromatic N) is 1. The van der Waals surface area contributed by atoms with E-state index < -0.39 is 6.04 Å². The van der Waals surface area contributed by atoms with Gasteiger partial charge in [-0.05, 0) is 49.6 Å². The summed E-state index contributed by atoms with van der Waals surface area (Å²) < 4.78 is 0. The molecule has 0 aliphatic rings. The Hall–Kier alpha value is -1.69. The first-order valence-electron chi connectivity index (χ1n) is 9.46. The topological polar surface area (TPSA) is 49.4 Å². The Bertz CT molecular complexity index is 860. The van der Waals surface area contributed by atoms with Crippen LogP contribution in [-0.4, -0.2) is 35.1 Å². The third-order valence-electron chi connectivity index (χ3n) is 4.60. The summed E-state index contributed by atoms with van der Waals surface area (Å²) in [6.07, 6.45) is 0. The molecule has 2 aromatic rings. The SMILES string of the molecule is CCNC(=O)[C@@H](C)N(Cc1ccccc1C)C(=O)CSCc1ccc(Cl)c(Cl)c1. The van der Waals surface area contributed by atoms with Crippen molar-refractivity contribution >= 4 is 46.8 Å². The van der Waals surface area contributed by atoms with Crippen molar-refractivity contribution < 1.29 is 9.59 Å². The fourth-order valence-corrected chi connectivity index (χ4v) is 4.02. The number of rotatable bonds is 9. The number of halogens is 2. The third-order valence-corrected chi connectivity index (χ3v) is 6.33. The molecule has 0 aliphatic carbocycles. The molecule has 0 saturated heterocycles. The first-order valence-corrected chi connectivity index (χ1v) is 11.4. The number of carbonyl (C=O) groups excluding carboxylic acids is 2. The van der Waals surface area contributed by atoms with Crippen LogP contribution >= 0.6 is 35.0 Å². The van der Waals surface area contributed by atoms with Gasteiger partial charge in [-0.1, -0.05) is 53.5 Å². The number of hydrogen-bond donors (Lipinski definition) is 1. The Kier molecular flexibility index (Phi) is 9.34. The molecule has 0 bridgehead atoms. The van der Waals surface area contributed by atoms with E-state index in [0.29, 0.717) is 28.9 Å². The van der Waals surface area contributed by atoms with E-state index >= 15 is 0 Å². The minimum atomic E-state index is -0.548. The lowest BCUT2D eigenvalue weighted by atomic mass is 10.1. The molecule has 7 heteroatoms. The Labute approximate surface area is 187 Å². The number of nitrogens with one attached hydrogen (secondary N) is 1. The number of benzene rings is 2. The van der Waals surface area contributed by atoms with E-state index in [2.05, 4.69) is 5.32 Å². The molecular formula is C22H26Cl2N2O2S. The number of likely N-dealkylation sites (N-methyl/N-ethyl adjacent to an activating group) is 1. The van der Waals surface area contributed by atoms with Crippen molar-refractivity contribution in [2.45, 2.75) is 39.1 Å². The monoisotopic (exact) mass is 452 g/mol. The number of amides is 2. The molecule has 0 spiro atoms. The number of thioether (sulfide) groups is 1. The molecular weight excluding hydrogens is 427 g/mol. The molecule has 0 aromatic heterocycles. The molecule has 2 aromatic carbocycles. The zero-order valence-electron chi connectivity index (χ0n) is 16.9. The van der Waals surface area contributed by atoms with Gasteiger partial charge in [-0.2, -0.15) is 0 Å². The van der Waals surface area contributed by atoms with Gasteiger partial charge in [-0.25, -0.2) is 0 Å². The smallest absolute Gasteiger partial charge is 0.242 e. The average Bonchev–Trinajstić information content (AvgIpc) is 2.69. The van der Waals surface area contributed by atoms with Crippen molar-refractivity contribution in [3.05, 3.63) is 69.2 Å². The summed E-state index contributed by atoms with van der Waals surface area (Å²) in [7, 11) is 0. The summed E-state index contributed by atoms with van der Waals surface area (Å²) in [4.78, 5) is 27.0. The van der Waals surface area contributed by atoms with Crippen molar-refractivity contribution in [1.82, 2.24) is 10.2 Å². The van der Waals surface area contributed by atoms with E-state index in [1.54, 1.807) is 17.9 Å². The highest BCUT2D eigenvalue weighted by molar-refractivity contribution is 7.99. The fraction of sp³-hybridized carbons (Fsp3) is 0.364. The van der Waals surface area contributed by atoms with E-state index in [-0.39, 0.29) is 17.6 Å². The minimum absolute atomic E-state index is 0.0722. The van der Waals surface area contributed by atoms with Crippen molar-refractivity contribution in [2.75, 3.05) is 12.3 Å². The molecule has 0 aliphatic heterocycles. The Morgan fingerprint density at radius 1 is 1.14 bits per heavy atom. The second kappa shape index (κ2) is 11.5. The predicted molar refractivity (Wildman–Crippen MR) is 122 cm³/mol. The number of hydrogen-bond acceptors (Lipinski definition) is 3. The summed E-state index contributed by atoms with van der Waals surface area (Å²) in [6.45, 7) is 6.57. The van der Waals surface area contributed by atoms with E-state index in [0.717, 1.165) is 16.7 Å². The van der Waals surface area contributed by atoms with Crippen LogP contribution in [0.25, 0.3) is 0 Å². The van der Waals surface area contributed by atoms with Crippen LogP contribution in [-0.2, 0) is 21.9 Å². The largest absolute Gasteiger partial charge is 0.355 e. The van der Waals surface area contributed by atoms with Crippen LogP contribution in [0.15, 0.2) is 42.5 Å².